The van der Waals surface area contributed by atoms with Crippen molar-refractivity contribution in [3.63, 3.8) is 0 Å². The van der Waals surface area contributed by atoms with Crippen molar-refractivity contribution in [2.75, 3.05) is 25.6 Å². The van der Waals surface area contributed by atoms with Crippen LogP contribution in [0.2, 0.25) is 5.02 Å². The van der Waals surface area contributed by atoms with Crippen LogP contribution < -0.4 is 4.90 Å². The fourth-order valence-corrected chi connectivity index (χ4v) is 5.81. The number of anilines is 1. The van der Waals surface area contributed by atoms with Crippen molar-refractivity contribution >= 4 is 34.8 Å². The van der Waals surface area contributed by atoms with E-state index in [2.05, 4.69) is 0 Å². The van der Waals surface area contributed by atoms with Gasteiger partial charge in [-0.15, -0.1) is 0 Å². The van der Waals surface area contributed by atoms with Crippen LogP contribution in [0.3, 0.4) is 0 Å². The van der Waals surface area contributed by atoms with E-state index < -0.39 is 11.8 Å². The maximum atomic E-state index is 13.8. The molecule has 1 aliphatic carbocycles. The van der Waals surface area contributed by atoms with Crippen molar-refractivity contribution in [1.29, 1.82) is 0 Å². The van der Waals surface area contributed by atoms with Crippen LogP contribution >= 0.6 is 11.6 Å². The van der Waals surface area contributed by atoms with E-state index in [9.17, 15) is 9.59 Å². The Morgan fingerprint density at radius 1 is 0.949 bits per heavy atom. The van der Waals surface area contributed by atoms with Gasteiger partial charge in [0.2, 0.25) is 0 Å². The van der Waals surface area contributed by atoms with Gasteiger partial charge < -0.3 is 9.64 Å². The molecule has 2 aliphatic rings. The van der Waals surface area contributed by atoms with E-state index in [1.807, 2.05) is 105 Å². The quantitative estimate of drug-likeness (QED) is 0.310. The standard InChI is InChI=1S/C33H33ClN2O3/c1-21-30(33(38)39-18-17-22-7-5-4-6-8-22)31(24-11-15-27(16-12-24)36(2)3)32-28(35-21)19-25(20-29(32)37)23-9-13-26(34)14-10-23/h4-16,25,30-31H,17-20H2,1-3H3/t25-,30?,31+/m1/s1. The summed E-state index contributed by atoms with van der Waals surface area (Å²) < 4.78 is 5.81. The normalized spacial score (nSPS) is 20.8. The molecule has 39 heavy (non-hydrogen) atoms. The van der Waals surface area contributed by atoms with Crippen LogP contribution in [0.1, 0.15) is 48.3 Å². The minimum atomic E-state index is -0.652. The number of esters is 1. The summed E-state index contributed by atoms with van der Waals surface area (Å²) >= 11 is 6.10. The van der Waals surface area contributed by atoms with Crippen molar-refractivity contribution in [3.05, 3.63) is 112 Å². The number of Topliss-reactive ketones (excluding diaryl/α,β-unsaturated/α-hetero) is 1. The number of benzene rings is 3. The predicted octanol–water partition coefficient (Wildman–Crippen LogP) is 6.77. The third-order valence-electron chi connectivity index (χ3n) is 7.73. The molecule has 3 atom stereocenters. The number of hydrogen-bond acceptors (Lipinski definition) is 5. The van der Waals surface area contributed by atoms with Crippen molar-refractivity contribution in [2.24, 2.45) is 10.9 Å². The lowest BCUT2D eigenvalue weighted by Gasteiger charge is -2.36. The lowest BCUT2D eigenvalue weighted by atomic mass is 9.69. The molecule has 3 aromatic carbocycles. The molecule has 0 radical (unpaired) electrons. The molecule has 0 spiro atoms. The highest BCUT2D eigenvalue weighted by Gasteiger charge is 2.44. The zero-order valence-electron chi connectivity index (χ0n) is 22.6. The summed E-state index contributed by atoms with van der Waals surface area (Å²) in [6.07, 6.45) is 1.65. The highest BCUT2D eigenvalue weighted by molar-refractivity contribution is 6.30. The van der Waals surface area contributed by atoms with E-state index in [1.165, 1.54) is 0 Å². The number of carbonyl (C=O) groups excluding carboxylic acids is 2. The summed E-state index contributed by atoms with van der Waals surface area (Å²) in [4.78, 5) is 34.3. The van der Waals surface area contributed by atoms with E-state index in [4.69, 9.17) is 21.3 Å². The number of ketones is 1. The van der Waals surface area contributed by atoms with Gasteiger partial charge in [-0.25, -0.2) is 0 Å². The molecular formula is C33H33ClN2O3. The molecule has 0 aromatic heterocycles. The molecule has 0 saturated heterocycles. The number of carbonyl (C=O) groups is 2. The molecule has 0 N–H and O–H groups in total. The molecular weight excluding hydrogens is 508 g/mol. The smallest absolute Gasteiger partial charge is 0.315 e. The summed E-state index contributed by atoms with van der Waals surface area (Å²) in [7, 11) is 3.98. The maximum Gasteiger partial charge on any atom is 0.315 e. The molecule has 1 unspecified atom stereocenters. The van der Waals surface area contributed by atoms with Crippen LogP contribution in [0.25, 0.3) is 0 Å². The van der Waals surface area contributed by atoms with E-state index in [0.717, 1.165) is 28.1 Å². The van der Waals surface area contributed by atoms with Gasteiger partial charge in [0, 0.05) is 60.5 Å². The Bertz CT molecular complexity index is 1410. The lowest BCUT2D eigenvalue weighted by Crippen LogP contribution is -2.38. The number of nitrogens with zero attached hydrogens (tertiary/aromatic N) is 2. The van der Waals surface area contributed by atoms with Crippen molar-refractivity contribution in [2.45, 2.75) is 38.0 Å². The highest BCUT2D eigenvalue weighted by Crippen LogP contribution is 2.47. The van der Waals surface area contributed by atoms with Gasteiger partial charge in [-0.1, -0.05) is 66.2 Å². The first-order chi connectivity index (χ1) is 18.8. The van der Waals surface area contributed by atoms with E-state index in [1.54, 1.807) is 0 Å². The monoisotopic (exact) mass is 540 g/mol. The number of halogens is 1. The number of rotatable bonds is 7. The summed E-state index contributed by atoms with van der Waals surface area (Å²) in [5.74, 6) is -1.36. The third kappa shape index (κ3) is 5.84. The Kier molecular flexibility index (Phi) is 7.99. The van der Waals surface area contributed by atoms with Crippen LogP contribution in [0, 0.1) is 5.92 Å². The summed E-state index contributed by atoms with van der Waals surface area (Å²) in [5.41, 5.74) is 6.26. The van der Waals surface area contributed by atoms with Gasteiger partial charge >= 0.3 is 5.97 Å². The second kappa shape index (κ2) is 11.6. The predicted molar refractivity (Wildman–Crippen MR) is 157 cm³/mol. The second-order valence-electron chi connectivity index (χ2n) is 10.5. The molecule has 0 saturated carbocycles. The Labute approximate surface area is 235 Å². The largest absolute Gasteiger partial charge is 0.465 e. The number of hydrogen-bond donors (Lipinski definition) is 0. The van der Waals surface area contributed by atoms with Crippen LogP contribution in [0.4, 0.5) is 5.69 Å². The number of ether oxygens (including phenoxy) is 1. The Balaban J connectivity index is 1.47. The zero-order valence-corrected chi connectivity index (χ0v) is 23.3. The topological polar surface area (TPSA) is 59.0 Å². The van der Waals surface area contributed by atoms with E-state index in [-0.39, 0.29) is 24.3 Å². The van der Waals surface area contributed by atoms with Gasteiger partial charge in [-0.3, -0.25) is 14.6 Å². The fraction of sp³-hybridized carbons (Fsp3) is 0.303. The van der Waals surface area contributed by atoms with Crippen molar-refractivity contribution in [1.82, 2.24) is 0 Å². The molecule has 200 valence electrons. The zero-order chi connectivity index (χ0) is 27.5. The molecule has 0 fully saturated rings. The summed E-state index contributed by atoms with van der Waals surface area (Å²) in [6, 6.07) is 25.7. The van der Waals surface area contributed by atoms with Crippen molar-refractivity contribution < 1.29 is 14.3 Å². The molecule has 1 heterocycles. The van der Waals surface area contributed by atoms with Crippen molar-refractivity contribution in [3.8, 4) is 0 Å². The van der Waals surface area contributed by atoms with Gasteiger partial charge in [-0.2, -0.15) is 0 Å². The third-order valence-corrected chi connectivity index (χ3v) is 7.98. The van der Waals surface area contributed by atoms with Gasteiger partial charge in [0.15, 0.2) is 5.78 Å². The van der Waals surface area contributed by atoms with Crippen LogP contribution in [-0.4, -0.2) is 38.2 Å². The number of allylic oxidation sites excluding steroid dienone is 2. The van der Waals surface area contributed by atoms with Crippen LogP contribution in [0.15, 0.2) is 95.1 Å². The Morgan fingerprint density at radius 2 is 1.62 bits per heavy atom. The first-order valence-electron chi connectivity index (χ1n) is 13.4. The summed E-state index contributed by atoms with van der Waals surface area (Å²) in [5, 5.41) is 0.669. The lowest BCUT2D eigenvalue weighted by molar-refractivity contribution is -0.146. The minimum Gasteiger partial charge on any atom is -0.465 e. The summed E-state index contributed by atoms with van der Waals surface area (Å²) in [6.45, 7) is 2.15. The van der Waals surface area contributed by atoms with Gasteiger partial charge in [0.05, 0.1) is 6.61 Å². The molecule has 0 bridgehead atoms. The van der Waals surface area contributed by atoms with Gasteiger partial charge in [0.25, 0.3) is 0 Å². The van der Waals surface area contributed by atoms with Crippen LogP contribution in [-0.2, 0) is 20.7 Å². The minimum absolute atomic E-state index is 0.0243. The first kappa shape index (κ1) is 26.9. The van der Waals surface area contributed by atoms with E-state index >= 15 is 0 Å². The highest BCUT2D eigenvalue weighted by atomic mass is 35.5. The molecule has 0 amide bonds. The molecule has 5 rings (SSSR count). The fourth-order valence-electron chi connectivity index (χ4n) is 5.68. The van der Waals surface area contributed by atoms with Gasteiger partial charge in [0.1, 0.15) is 5.92 Å². The van der Waals surface area contributed by atoms with Gasteiger partial charge in [-0.05, 0) is 60.2 Å². The maximum absolute atomic E-state index is 13.8. The average molecular weight is 541 g/mol. The SMILES string of the molecule is CC1=NC2=C(C(=O)C[C@H](c3ccc(Cl)cc3)C2)[C@@H](c2ccc(N(C)C)cc2)C1C(=O)OCCc1ccccc1. The molecule has 5 nitrogen and oxygen atoms in total. The molecule has 1 aliphatic heterocycles. The molecule has 3 aromatic rings. The first-order valence-corrected chi connectivity index (χ1v) is 13.7. The van der Waals surface area contributed by atoms with E-state index in [0.29, 0.717) is 35.6 Å². The average Bonchev–Trinajstić information content (AvgIpc) is 2.93. The number of aliphatic imine (C=N–C) groups is 1. The Hall–Kier alpha value is -3.70. The Morgan fingerprint density at radius 3 is 2.28 bits per heavy atom. The second-order valence-corrected chi connectivity index (χ2v) is 11.0. The molecule has 6 heteroatoms. The van der Waals surface area contributed by atoms with Crippen LogP contribution in [0.5, 0.6) is 0 Å².